The van der Waals surface area contributed by atoms with Crippen molar-refractivity contribution in [2.24, 2.45) is 0 Å². The van der Waals surface area contributed by atoms with E-state index in [0.29, 0.717) is 66.7 Å². The predicted octanol–water partition coefficient (Wildman–Crippen LogP) is 4.03. The minimum Gasteiger partial charge on any atom is -0.487 e. The van der Waals surface area contributed by atoms with Crippen molar-refractivity contribution in [2.75, 3.05) is 25.1 Å². The fourth-order valence-corrected chi connectivity index (χ4v) is 7.64. The maximum Gasteiger partial charge on any atom is 0.257 e. The summed E-state index contributed by atoms with van der Waals surface area (Å²) in [6.07, 6.45) is 17.4. The zero-order valence-electron chi connectivity index (χ0n) is 28.5. The summed E-state index contributed by atoms with van der Waals surface area (Å²) in [5.74, 6) is 1.39. The number of anilines is 2. The molecule has 6 heterocycles. The number of ether oxygens (including phenoxy) is 3. The molecule has 3 fully saturated rings. The van der Waals surface area contributed by atoms with Crippen molar-refractivity contribution >= 4 is 11.6 Å². The molecule has 0 amide bonds. The van der Waals surface area contributed by atoms with Gasteiger partial charge in [0.25, 0.3) is 5.88 Å². The molecular weight excluding hydrogens is 650 g/mol. The van der Waals surface area contributed by atoms with Crippen molar-refractivity contribution < 1.29 is 14.2 Å². The molecule has 1 aliphatic carbocycles. The maximum absolute atomic E-state index is 9.69. The Bertz CT molecular complexity index is 1900. The number of benzene rings is 1. The Kier molecular flexibility index (Phi) is 9.54. The van der Waals surface area contributed by atoms with E-state index in [-0.39, 0.29) is 12.1 Å². The lowest BCUT2D eigenvalue weighted by Crippen LogP contribution is -2.52. The minimum absolute atomic E-state index is 0.273. The van der Waals surface area contributed by atoms with Crippen LogP contribution in [0.4, 0.5) is 11.6 Å². The highest BCUT2D eigenvalue weighted by molar-refractivity contribution is 5.67. The normalized spacial score (nSPS) is 22.4. The van der Waals surface area contributed by atoms with Crippen molar-refractivity contribution in [3.05, 3.63) is 67.1 Å². The van der Waals surface area contributed by atoms with Gasteiger partial charge in [-0.25, -0.2) is 14.6 Å². The van der Waals surface area contributed by atoms with Gasteiger partial charge in [-0.15, -0.1) is 10.2 Å². The molecule has 2 bridgehead atoms. The van der Waals surface area contributed by atoms with Crippen molar-refractivity contribution in [1.29, 1.82) is 5.26 Å². The van der Waals surface area contributed by atoms with Crippen LogP contribution >= 0.6 is 0 Å². The Balaban J connectivity index is 0.956. The van der Waals surface area contributed by atoms with E-state index < -0.39 is 0 Å². The van der Waals surface area contributed by atoms with Crippen LogP contribution in [0.25, 0.3) is 11.1 Å². The zero-order chi connectivity index (χ0) is 34.6. The predicted molar refractivity (Wildman–Crippen MR) is 184 cm³/mol. The number of morpholine rings is 1. The van der Waals surface area contributed by atoms with Gasteiger partial charge in [0.1, 0.15) is 36.5 Å². The molecule has 2 saturated heterocycles. The fourth-order valence-electron chi connectivity index (χ4n) is 7.64. The number of tetrazole rings is 1. The first kappa shape index (κ1) is 32.8. The van der Waals surface area contributed by atoms with Crippen LogP contribution in [0.3, 0.4) is 0 Å². The van der Waals surface area contributed by atoms with Gasteiger partial charge in [0, 0.05) is 48.5 Å². The van der Waals surface area contributed by atoms with Crippen LogP contribution in [0.15, 0.2) is 61.6 Å². The van der Waals surface area contributed by atoms with Gasteiger partial charge in [0.2, 0.25) is 5.95 Å². The molecule has 0 unspecified atom stereocenters. The highest BCUT2D eigenvalue weighted by atomic mass is 16.5. The summed E-state index contributed by atoms with van der Waals surface area (Å²) in [7, 11) is 0. The molecule has 0 radical (unpaired) electrons. The third kappa shape index (κ3) is 7.40. The van der Waals surface area contributed by atoms with Gasteiger partial charge >= 0.3 is 0 Å². The quantitative estimate of drug-likeness (QED) is 0.188. The molecule has 5 aromatic rings. The molecule has 264 valence electrons. The Labute approximate surface area is 295 Å². The Morgan fingerprint density at radius 1 is 1.00 bits per heavy atom. The van der Waals surface area contributed by atoms with Crippen molar-refractivity contribution in [1.82, 2.24) is 54.6 Å². The average molecular weight is 692 g/mol. The number of aromatic nitrogens is 10. The molecular formula is C35H41N13O3. The van der Waals surface area contributed by atoms with Crippen LogP contribution in [0.5, 0.6) is 11.6 Å². The molecule has 16 heteroatoms. The molecule has 8 rings (SSSR count). The van der Waals surface area contributed by atoms with Crippen LogP contribution in [0.1, 0.15) is 57.1 Å². The number of rotatable bonds is 13. The fraction of sp³-hybridized carbons (Fsp3) is 0.486. The first-order chi connectivity index (χ1) is 25.1. The van der Waals surface area contributed by atoms with E-state index in [0.717, 1.165) is 50.0 Å². The second-order valence-corrected chi connectivity index (χ2v) is 13.5. The second kappa shape index (κ2) is 14.8. The minimum atomic E-state index is -0.273. The van der Waals surface area contributed by atoms with Crippen molar-refractivity contribution in [2.45, 2.75) is 88.8 Å². The summed E-state index contributed by atoms with van der Waals surface area (Å²) in [4.78, 5) is 12.0. The molecule has 3 atom stereocenters. The van der Waals surface area contributed by atoms with Crippen LogP contribution in [-0.4, -0.2) is 98.7 Å². The SMILES string of the molecule is C[C@@H](Cn1cnnn1)Oc1cc(-c2cnc(Nc3cn([C@H]4CC[C@H](N5[C@@H]6CC[C@H]5COC6)CC4)nc3OCCn3cccn3)nc2)ccc1C#N. The van der Waals surface area contributed by atoms with Gasteiger partial charge < -0.3 is 19.5 Å². The molecule has 1 saturated carbocycles. The summed E-state index contributed by atoms with van der Waals surface area (Å²) in [5.41, 5.74) is 2.74. The average Bonchev–Trinajstić information content (AvgIpc) is 3.98. The maximum atomic E-state index is 9.69. The highest BCUT2D eigenvalue weighted by Crippen LogP contribution is 2.39. The number of hydrogen-bond acceptors (Lipinski definition) is 13. The molecule has 1 aromatic carbocycles. The largest absolute Gasteiger partial charge is 0.487 e. The van der Waals surface area contributed by atoms with Gasteiger partial charge in [0.05, 0.1) is 44.1 Å². The van der Waals surface area contributed by atoms with Gasteiger partial charge in [0.15, 0.2) is 0 Å². The standard InChI is InChI=1S/C35H41N13O3/c1-24(19-46-23-39-43-44-46)51-33-15-25(3-4-26(33)16-36)27-17-37-35(38-18-27)41-32-20-47(42-34(32)50-14-13-45-12-2-11-40-45)28-5-7-29(8-6-28)48-30-9-10-31(48)22-49-21-30/h2-4,11-12,15,17-18,20,23-24,28-31H,5-10,13-14,19,21-22H2,1H3,(H,37,38,41)/t24-,28-,29-,30-,31+/m0/s1. The molecule has 4 aromatic heterocycles. The smallest absolute Gasteiger partial charge is 0.257 e. The van der Waals surface area contributed by atoms with Crippen LogP contribution in [0, 0.1) is 11.3 Å². The van der Waals surface area contributed by atoms with E-state index in [1.54, 1.807) is 29.3 Å². The van der Waals surface area contributed by atoms with Crippen LogP contribution in [0.2, 0.25) is 0 Å². The van der Waals surface area contributed by atoms with Gasteiger partial charge in [-0.3, -0.25) is 14.3 Å². The first-order valence-electron chi connectivity index (χ1n) is 17.6. The lowest BCUT2D eigenvalue weighted by Gasteiger charge is -2.43. The summed E-state index contributed by atoms with van der Waals surface area (Å²) < 4.78 is 23.6. The number of nitrogens with one attached hydrogen (secondary N) is 1. The summed E-state index contributed by atoms with van der Waals surface area (Å²) in [5, 5.41) is 33.5. The Morgan fingerprint density at radius 2 is 1.78 bits per heavy atom. The molecule has 16 nitrogen and oxygen atoms in total. The third-order valence-corrected chi connectivity index (χ3v) is 10.1. The van der Waals surface area contributed by atoms with Gasteiger partial charge in [-0.05, 0) is 79.6 Å². The summed E-state index contributed by atoms with van der Waals surface area (Å²) >= 11 is 0. The lowest BCUT2D eigenvalue weighted by atomic mass is 9.89. The molecule has 0 spiro atoms. The van der Waals surface area contributed by atoms with Crippen LogP contribution in [-0.2, 0) is 17.8 Å². The third-order valence-electron chi connectivity index (χ3n) is 10.1. The summed E-state index contributed by atoms with van der Waals surface area (Å²) in [6, 6.07) is 11.6. The second-order valence-electron chi connectivity index (χ2n) is 13.5. The van der Waals surface area contributed by atoms with E-state index in [1.807, 2.05) is 42.2 Å². The molecule has 51 heavy (non-hydrogen) atoms. The van der Waals surface area contributed by atoms with E-state index >= 15 is 0 Å². The van der Waals surface area contributed by atoms with Crippen LogP contribution < -0.4 is 14.8 Å². The number of hydrogen-bond donors (Lipinski definition) is 1. The number of nitriles is 1. The molecule has 2 aliphatic heterocycles. The van der Waals surface area contributed by atoms with E-state index in [9.17, 15) is 5.26 Å². The topological polar surface area (TPSA) is 172 Å². The highest BCUT2D eigenvalue weighted by Gasteiger charge is 2.42. The van der Waals surface area contributed by atoms with E-state index in [1.165, 1.54) is 19.2 Å². The van der Waals surface area contributed by atoms with Gasteiger partial charge in [-0.1, -0.05) is 6.07 Å². The Morgan fingerprint density at radius 3 is 2.51 bits per heavy atom. The van der Waals surface area contributed by atoms with Crippen molar-refractivity contribution in [3.63, 3.8) is 0 Å². The Hall–Kier alpha value is -5.40. The first-order valence-corrected chi connectivity index (χ1v) is 17.6. The molecule has 1 N–H and O–H groups in total. The van der Waals surface area contributed by atoms with E-state index in [4.69, 9.17) is 19.3 Å². The number of fused-ring (bicyclic) bond motifs is 2. The number of nitrogens with zero attached hydrogens (tertiary/aromatic N) is 12. The van der Waals surface area contributed by atoms with Crippen molar-refractivity contribution in [3.8, 4) is 28.8 Å². The summed E-state index contributed by atoms with van der Waals surface area (Å²) in [6.45, 7) is 5.10. The monoisotopic (exact) mass is 691 g/mol. The van der Waals surface area contributed by atoms with Gasteiger partial charge in [-0.2, -0.15) is 10.4 Å². The molecule has 3 aliphatic rings. The van der Waals surface area contributed by atoms with E-state index in [2.05, 4.69) is 51.6 Å². The lowest BCUT2D eigenvalue weighted by molar-refractivity contribution is -0.0458. The zero-order valence-corrected chi connectivity index (χ0v) is 28.5.